The van der Waals surface area contributed by atoms with Crippen LogP contribution in [0.2, 0.25) is 0 Å². The Morgan fingerprint density at radius 3 is 1.59 bits per heavy atom. The first-order chi connectivity index (χ1) is 27.7. The maximum absolute atomic E-state index is 6.54. The molecule has 8 aromatic carbocycles. The van der Waals surface area contributed by atoms with Crippen molar-refractivity contribution < 1.29 is 4.42 Å². The van der Waals surface area contributed by atoms with Crippen molar-refractivity contribution in [3.8, 4) is 67.2 Å². The van der Waals surface area contributed by atoms with E-state index in [0.29, 0.717) is 5.82 Å². The first-order valence-corrected chi connectivity index (χ1v) is 19.6. The van der Waals surface area contributed by atoms with Crippen LogP contribution in [0.4, 0.5) is 0 Å². The van der Waals surface area contributed by atoms with Crippen LogP contribution in [-0.4, -0.2) is 9.97 Å². The van der Waals surface area contributed by atoms with Gasteiger partial charge in [-0.25, -0.2) is 9.97 Å². The van der Waals surface area contributed by atoms with Crippen LogP contribution in [0.25, 0.3) is 109 Å². The lowest BCUT2D eigenvalue weighted by atomic mass is 9.92. The Balaban J connectivity index is 1.05. The number of thiophene rings is 1. The van der Waals surface area contributed by atoms with E-state index < -0.39 is 0 Å². The van der Waals surface area contributed by atoms with Gasteiger partial charge in [-0.05, 0) is 93.0 Å². The minimum atomic E-state index is 0.685. The van der Waals surface area contributed by atoms with Crippen LogP contribution in [0, 0.1) is 0 Å². The van der Waals surface area contributed by atoms with Crippen LogP contribution in [0.15, 0.2) is 199 Å². The predicted octanol–water partition coefficient (Wildman–Crippen LogP) is 14.7. The van der Waals surface area contributed by atoms with Crippen LogP contribution in [-0.2, 0) is 0 Å². The lowest BCUT2D eigenvalue weighted by Gasteiger charge is -2.13. The molecule has 11 aromatic rings. The maximum atomic E-state index is 6.54. The highest BCUT2D eigenvalue weighted by atomic mass is 32.1. The van der Waals surface area contributed by atoms with Crippen LogP contribution in [0.1, 0.15) is 0 Å². The minimum absolute atomic E-state index is 0.685. The Morgan fingerprint density at radius 2 is 0.875 bits per heavy atom. The summed E-state index contributed by atoms with van der Waals surface area (Å²) in [5.74, 6) is 0.685. The number of para-hydroxylation sites is 2. The third-order valence-corrected chi connectivity index (χ3v) is 11.8. The van der Waals surface area contributed by atoms with E-state index in [1.807, 2.05) is 12.1 Å². The van der Waals surface area contributed by atoms with Crippen LogP contribution < -0.4 is 0 Å². The van der Waals surface area contributed by atoms with Crippen molar-refractivity contribution in [1.29, 1.82) is 0 Å². The number of nitrogens with zero attached hydrogens (tertiary/aromatic N) is 2. The summed E-state index contributed by atoms with van der Waals surface area (Å²) in [4.78, 5) is 10.7. The SMILES string of the molecule is c1ccc(-c2cc(-c3ccccc3)cc(-c3cccc(-c4cccc(-c5nc(-c6cccc7c6oc6ccccc67)c6sc7ccccc7c6n5)c4)c3)c2)cc1. The predicted molar refractivity (Wildman–Crippen MR) is 235 cm³/mol. The summed E-state index contributed by atoms with van der Waals surface area (Å²) in [6, 6.07) is 68.7. The molecule has 0 aliphatic heterocycles. The van der Waals surface area contributed by atoms with Crippen LogP contribution in [0.3, 0.4) is 0 Å². The number of aromatic nitrogens is 2. The van der Waals surface area contributed by atoms with Gasteiger partial charge >= 0.3 is 0 Å². The molecule has 3 nitrogen and oxygen atoms in total. The fraction of sp³-hybridized carbons (Fsp3) is 0. The Bertz CT molecular complexity index is 3190. The molecule has 56 heavy (non-hydrogen) atoms. The number of furan rings is 1. The molecule has 0 unspecified atom stereocenters. The summed E-state index contributed by atoms with van der Waals surface area (Å²) in [5.41, 5.74) is 14.8. The quantitative estimate of drug-likeness (QED) is 0.171. The molecular formula is C52H32N2OS. The molecule has 3 aromatic heterocycles. The monoisotopic (exact) mass is 732 g/mol. The largest absolute Gasteiger partial charge is 0.455 e. The normalized spacial score (nSPS) is 11.6. The van der Waals surface area contributed by atoms with Gasteiger partial charge in [0.25, 0.3) is 0 Å². The van der Waals surface area contributed by atoms with E-state index >= 15 is 0 Å². The van der Waals surface area contributed by atoms with Gasteiger partial charge in [-0.1, -0.05) is 146 Å². The zero-order valence-electron chi connectivity index (χ0n) is 30.2. The van der Waals surface area contributed by atoms with Gasteiger partial charge in [-0.2, -0.15) is 0 Å². The fourth-order valence-electron chi connectivity index (χ4n) is 7.94. The van der Waals surface area contributed by atoms with E-state index in [2.05, 4.69) is 182 Å². The molecule has 11 rings (SSSR count). The van der Waals surface area contributed by atoms with Gasteiger partial charge in [0.15, 0.2) is 5.82 Å². The highest BCUT2D eigenvalue weighted by Gasteiger charge is 2.20. The van der Waals surface area contributed by atoms with Crippen LogP contribution in [0.5, 0.6) is 0 Å². The van der Waals surface area contributed by atoms with Crippen molar-refractivity contribution in [3.63, 3.8) is 0 Å². The van der Waals surface area contributed by atoms with Crippen molar-refractivity contribution >= 4 is 53.6 Å². The first kappa shape index (κ1) is 32.3. The van der Waals surface area contributed by atoms with Gasteiger partial charge in [0, 0.05) is 32.0 Å². The molecule has 262 valence electrons. The molecule has 0 fully saturated rings. The van der Waals surface area contributed by atoms with E-state index in [9.17, 15) is 0 Å². The number of hydrogen-bond donors (Lipinski definition) is 0. The second kappa shape index (κ2) is 13.3. The average molecular weight is 733 g/mol. The van der Waals surface area contributed by atoms with E-state index in [4.69, 9.17) is 14.4 Å². The smallest absolute Gasteiger partial charge is 0.160 e. The Hall–Kier alpha value is -7.14. The summed E-state index contributed by atoms with van der Waals surface area (Å²) in [6.45, 7) is 0. The number of hydrogen-bond acceptors (Lipinski definition) is 4. The molecule has 0 saturated carbocycles. The second-order valence-electron chi connectivity index (χ2n) is 14.1. The maximum Gasteiger partial charge on any atom is 0.160 e. The van der Waals surface area contributed by atoms with Crippen molar-refractivity contribution in [2.75, 3.05) is 0 Å². The zero-order chi connectivity index (χ0) is 37.0. The Morgan fingerprint density at radius 1 is 0.375 bits per heavy atom. The molecule has 0 saturated heterocycles. The van der Waals surface area contributed by atoms with E-state index in [-0.39, 0.29) is 0 Å². The van der Waals surface area contributed by atoms with Crippen molar-refractivity contribution in [2.24, 2.45) is 0 Å². The van der Waals surface area contributed by atoms with Crippen molar-refractivity contribution in [1.82, 2.24) is 9.97 Å². The number of benzene rings is 8. The van der Waals surface area contributed by atoms with Gasteiger partial charge in [-0.3, -0.25) is 0 Å². The first-order valence-electron chi connectivity index (χ1n) is 18.8. The van der Waals surface area contributed by atoms with Gasteiger partial charge in [0.1, 0.15) is 11.2 Å². The minimum Gasteiger partial charge on any atom is -0.455 e. The Labute approximate surface area is 327 Å². The number of fused-ring (bicyclic) bond motifs is 6. The van der Waals surface area contributed by atoms with E-state index in [1.54, 1.807) is 11.3 Å². The molecule has 0 bridgehead atoms. The summed E-state index contributed by atoms with van der Waals surface area (Å²) < 4.78 is 8.78. The average Bonchev–Trinajstić information content (AvgIpc) is 3.85. The van der Waals surface area contributed by atoms with Crippen molar-refractivity contribution in [3.05, 3.63) is 194 Å². The highest BCUT2D eigenvalue weighted by molar-refractivity contribution is 7.26. The lowest BCUT2D eigenvalue weighted by Crippen LogP contribution is -1.94. The summed E-state index contributed by atoms with van der Waals surface area (Å²) in [7, 11) is 0. The van der Waals surface area contributed by atoms with E-state index in [1.165, 1.54) is 32.5 Å². The molecule has 4 heteroatoms. The van der Waals surface area contributed by atoms with E-state index in [0.717, 1.165) is 71.1 Å². The molecule has 0 aliphatic rings. The second-order valence-corrected chi connectivity index (χ2v) is 15.2. The van der Waals surface area contributed by atoms with Gasteiger partial charge in [-0.15, -0.1) is 11.3 Å². The van der Waals surface area contributed by atoms with Crippen LogP contribution >= 0.6 is 11.3 Å². The molecule has 0 N–H and O–H groups in total. The molecule has 0 aliphatic carbocycles. The highest BCUT2D eigenvalue weighted by Crippen LogP contribution is 2.43. The zero-order valence-corrected chi connectivity index (χ0v) is 31.0. The standard InChI is InChI=1S/C52H32N2OS/c1-3-14-33(15-4-1)39-30-40(34-16-5-2-6-17-34)32-41(31-39)37-20-11-18-35(28-37)36-19-12-21-38(29-36)52-53-48-44-23-8-10-27-47(44)56-51(48)49(54-52)45-25-13-24-43-42-22-7-9-26-46(42)55-50(43)45/h1-32H. The molecular weight excluding hydrogens is 701 g/mol. The summed E-state index contributed by atoms with van der Waals surface area (Å²) >= 11 is 1.73. The number of rotatable bonds is 6. The van der Waals surface area contributed by atoms with Gasteiger partial charge < -0.3 is 4.42 Å². The third kappa shape index (κ3) is 5.58. The summed E-state index contributed by atoms with van der Waals surface area (Å²) in [5, 5.41) is 3.31. The summed E-state index contributed by atoms with van der Waals surface area (Å²) in [6.07, 6.45) is 0. The molecule has 0 radical (unpaired) electrons. The Kier molecular flexibility index (Phi) is 7.68. The topological polar surface area (TPSA) is 38.9 Å². The van der Waals surface area contributed by atoms with Gasteiger partial charge in [0.2, 0.25) is 0 Å². The molecule has 0 atom stereocenters. The van der Waals surface area contributed by atoms with Gasteiger partial charge in [0.05, 0.1) is 15.9 Å². The van der Waals surface area contributed by atoms with Crippen molar-refractivity contribution in [2.45, 2.75) is 0 Å². The lowest BCUT2D eigenvalue weighted by molar-refractivity contribution is 0.670. The molecule has 0 amide bonds. The fourth-order valence-corrected chi connectivity index (χ4v) is 9.09. The molecule has 0 spiro atoms. The molecule has 3 heterocycles. The third-order valence-electron chi connectivity index (χ3n) is 10.7.